The maximum absolute atomic E-state index is 11.8. The van der Waals surface area contributed by atoms with Gasteiger partial charge in [0.2, 0.25) is 0 Å². The molecule has 3 aromatic rings. The molecule has 0 spiro atoms. The third-order valence-electron chi connectivity index (χ3n) is 6.59. The third kappa shape index (κ3) is 4.17. The molecule has 0 unspecified atom stereocenters. The SMILES string of the molecule is CCOS(=O)(=O)/C=C/[C@H]1CC[C@H](n2ccc3c(N[C@H]4CCc5ccccc54)ncnc32)C1. The summed E-state index contributed by atoms with van der Waals surface area (Å²) in [4.78, 5) is 9.12. The van der Waals surface area contributed by atoms with Crippen molar-refractivity contribution in [2.24, 2.45) is 5.92 Å². The van der Waals surface area contributed by atoms with Crippen LogP contribution in [0.25, 0.3) is 11.0 Å². The van der Waals surface area contributed by atoms with Gasteiger partial charge in [0.05, 0.1) is 23.4 Å². The molecule has 0 radical (unpaired) electrons. The molecule has 2 aliphatic rings. The maximum atomic E-state index is 11.8. The lowest BCUT2D eigenvalue weighted by molar-refractivity contribution is 0.344. The molecule has 1 saturated carbocycles. The lowest BCUT2D eigenvalue weighted by Gasteiger charge is -2.16. The first-order valence-electron chi connectivity index (χ1n) is 11.3. The Morgan fingerprint density at radius 2 is 2.06 bits per heavy atom. The number of nitrogens with zero attached hydrogens (tertiary/aromatic N) is 3. The molecule has 2 heterocycles. The zero-order chi connectivity index (χ0) is 22.1. The average molecular weight is 453 g/mol. The standard InChI is InChI=1S/C24H28N4O3S/c1-2-31-32(29,30)14-12-17-7-9-19(15-17)28-13-11-21-23(25-16-26-24(21)28)27-22-10-8-18-5-3-4-6-20(18)22/h3-6,11-14,16-17,19,22H,2,7-10,15H2,1H3,(H,25,26,27)/b14-12+/t17-,19+,22+/m1/s1. The van der Waals surface area contributed by atoms with Gasteiger partial charge < -0.3 is 9.88 Å². The van der Waals surface area contributed by atoms with E-state index in [2.05, 4.69) is 56.4 Å². The van der Waals surface area contributed by atoms with Crippen LogP contribution in [-0.4, -0.2) is 29.6 Å². The summed E-state index contributed by atoms with van der Waals surface area (Å²) in [5.41, 5.74) is 3.68. The normalized spacial score (nSPS) is 23.2. The summed E-state index contributed by atoms with van der Waals surface area (Å²) in [5.74, 6) is 1.08. The quantitative estimate of drug-likeness (QED) is 0.521. The fourth-order valence-electron chi connectivity index (χ4n) is 5.08. The first-order valence-corrected chi connectivity index (χ1v) is 12.7. The maximum Gasteiger partial charge on any atom is 0.289 e. The molecule has 8 heteroatoms. The first kappa shape index (κ1) is 21.2. The molecule has 3 atom stereocenters. The van der Waals surface area contributed by atoms with Crippen LogP contribution < -0.4 is 5.32 Å². The number of aromatic nitrogens is 3. The van der Waals surface area contributed by atoms with Crippen LogP contribution in [0.2, 0.25) is 0 Å². The molecule has 0 aliphatic heterocycles. The van der Waals surface area contributed by atoms with Crippen molar-refractivity contribution in [1.29, 1.82) is 0 Å². The van der Waals surface area contributed by atoms with Crippen molar-refractivity contribution < 1.29 is 12.6 Å². The van der Waals surface area contributed by atoms with E-state index in [0.29, 0.717) is 0 Å². The Hall–Kier alpha value is -2.71. The largest absolute Gasteiger partial charge is 0.363 e. The molecule has 0 bridgehead atoms. The van der Waals surface area contributed by atoms with Crippen LogP contribution in [0.5, 0.6) is 0 Å². The lowest BCUT2D eigenvalue weighted by atomic mass is 10.1. The van der Waals surface area contributed by atoms with Gasteiger partial charge in [-0.2, -0.15) is 8.42 Å². The van der Waals surface area contributed by atoms with Gasteiger partial charge in [0, 0.05) is 12.2 Å². The summed E-state index contributed by atoms with van der Waals surface area (Å²) in [6, 6.07) is 11.2. The molecule has 0 saturated heterocycles. The number of anilines is 1. The highest BCUT2D eigenvalue weighted by Gasteiger charge is 2.27. The Morgan fingerprint density at radius 1 is 1.19 bits per heavy atom. The van der Waals surface area contributed by atoms with Gasteiger partial charge in [0.25, 0.3) is 10.1 Å². The van der Waals surface area contributed by atoms with E-state index >= 15 is 0 Å². The van der Waals surface area contributed by atoms with Crippen LogP contribution in [0, 0.1) is 5.92 Å². The second-order valence-corrected chi connectivity index (χ2v) is 10.1. The molecule has 2 aromatic heterocycles. The number of nitrogens with one attached hydrogen (secondary N) is 1. The number of hydrogen-bond donors (Lipinski definition) is 1. The fourth-order valence-corrected chi connectivity index (χ4v) is 5.90. The summed E-state index contributed by atoms with van der Waals surface area (Å²) >= 11 is 0. The number of allylic oxidation sites excluding steroid dienone is 1. The Labute approximate surface area is 188 Å². The first-order chi connectivity index (χ1) is 15.5. The van der Waals surface area contributed by atoms with Gasteiger partial charge in [-0.15, -0.1) is 0 Å². The number of aryl methyl sites for hydroxylation is 1. The fraction of sp³-hybridized carbons (Fsp3) is 0.417. The van der Waals surface area contributed by atoms with Crippen molar-refractivity contribution in [1.82, 2.24) is 14.5 Å². The van der Waals surface area contributed by atoms with E-state index < -0.39 is 10.1 Å². The van der Waals surface area contributed by atoms with Gasteiger partial charge in [-0.05, 0) is 62.1 Å². The molecule has 1 fully saturated rings. The number of benzene rings is 1. The summed E-state index contributed by atoms with van der Waals surface area (Å²) in [6.45, 7) is 1.82. The lowest BCUT2D eigenvalue weighted by Crippen LogP contribution is -2.10. The molecule has 0 amide bonds. The van der Waals surface area contributed by atoms with E-state index in [0.717, 1.165) is 49.0 Å². The van der Waals surface area contributed by atoms with Crippen LogP contribution in [0.3, 0.4) is 0 Å². The molecule has 1 aromatic carbocycles. The summed E-state index contributed by atoms with van der Waals surface area (Å²) in [6.07, 6.45) is 10.4. The van der Waals surface area contributed by atoms with Crippen LogP contribution in [-0.2, 0) is 20.7 Å². The zero-order valence-corrected chi connectivity index (χ0v) is 19.0. The van der Waals surface area contributed by atoms with Crippen molar-refractivity contribution in [3.8, 4) is 0 Å². The third-order valence-corrected chi connectivity index (χ3v) is 7.65. The molecule has 2 aliphatic carbocycles. The highest BCUT2D eigenvalue weighted by molar-refractivity contribution is 7.89. The number of rotatable bonds is 7. The summed E-state index contributed by atoms with van der Waals surface area (Å²) < 4.78 is 30.6. The predicted molar refractivity (Wildman–Crippen MR) is 125 cm³/mol. The molecule has 168 valence electrons. The number of hydrogen-bond acceptors (Lipinski definition) is 6. The van der Waals surface area contributed by atoms with Crippen molar-refractivity contribution in [2.75, 3.05) is 11.9 Å². The second kappa shape index (κ2) is 8.67. The van der Waals surface area contributed by atoms with E-state index in [1.807, 2.05) is 0 Å². The van der Waals surface area contributed by atoms with E-state index in [1.54, 1.807) is 19.3 Å². The van der Waals surface area contributed by atoms with Gasteiger partial charge in [0.1, 0.15) is 17.8 Å². The molecular weight excluding hydrogens is 424 g/mol. The van der Waals surface area contributed by atoms with E-state index in [9.17, 15) is 8.42 Å². The van der Waals surface area contributed by atoms with E-state index in [-0.39, 0.29) is 24.6 Å². The van der Waals surface area contributed by atoms with Crippen LogP contribution in [0.1, 0.15) is 55.8 Å². The minimum atomic E-state index is -3.58. The van der Waals surface area contributed by atoms with Gasteiger partial charge in [-0.3, -0.25) is 4.18 Å². The monoisotopic (exact) mass is 452 g/mol. The van der Waals surface area contributed by atoms with Crippen LogP contribution in [0.15, 0.2) is 54.3 Å². The van der Waals surface area contributed by atoms with Crippen molar-refractivity contribution in [3.63, 3.8) is 0 Å². The Kier molecular flexibility index (Phi) is 5.73. The smallest absolute Gasteiger partial charge is 0.289 e. The van der Waals surface area contributed by atoms with Crippen LogP contribution >= 0.6 is 0 Å². The van der Waals surface area contributed by atoms with Gasteiger partial charge in [-0.25, -0.2) is 9.97 Å². The molecule has 7 nitrogen and oxygen atoms in total. The summed E-state index contributed by atoms with van der Waals surface area (Å²) in [7, 11) is -3.58. The van der Waals surface area contributed by atoms with Crippen molar-refractivity contribution >= 4 is 27.0 Å². The van der Waals surface area contributed by atoms with Gasteiger partial charge in [0.15, 0.2) is 0 Å². The Morgan fingerprint density at radius 3 is 2.94 bits per heavy atom. The molecule has 1 N–H and O–H groups in total. The highest BCUT2D eigenvalue weighted by Crippen LogP contribution is 2.39. The van der Waals surface area contributed by atoms with Crippen LogP contribution in [0.4, 0.5) is 5.82 Å². The number of fused-ring (bicyclic) bond motifs is 2. The van der Waals surface area contributed by atoms with E-state index in [4.69, 9.17) is 4.18 Å². The van der Waals surface area contributed by atoms with Gasteiger partial charge >= 0.3 is 0 Å². The predicted octanol–water partition coefficient (Wildman–Crippen LogP) is 4.75. The molecule has 5 rings (SSSR count). The minimum Gasteiger partial charge on any atom is -0.363 e. The highest BCUT2D eigenvalue weighted by atomic mass is 32.2. The Balaban J connectivity index is 1.33. The second-order valence-electron chi connectivity index (χ2n) is 8.57. The molecular formula is C24H28N4O3S. The topological polar surface area (TPSA) is 86.1 Å². The average Bonchev–Trinajstić information content (AvgIpc) is 3.51. The van der Waals surface area contributed by atoms with Crippen molar-refractivity contribution in [3.05, 3.63) is 65.5 Å². The zero-order valence-electron chi connectivity index (χ0n) is 18.1. The van der Waals surface area contributed by atoms with Gasteiger partial charge in [-0.1, -0.05) is 30.3 Å². The Bertz CT molecular complexity index is 1250. The molecule has 32 heavy (non-hydrogen) atoms. The van der Waals surface area contributed by atoms with E-state index in [1.165, 1.54) is 16.5 Å². The van der Waals surface area contributed by atoms with Crippen molar-refractivity contribution in [2.45, 2.75) is 51.1 Å². The minimum absolute atomic E-state index is 0.151. The summed E-state index contributed by atoms with van der Waals surface area (Å²) in [5, 5.41) is 5.88.